The van der Waals surface area contributed by atoms with Crippen molar-refractivity contribution in [2.24, 2.45) is 5.92 Å². The molecule has 0 N–H and O–H groups in total. The van der Waals surface area contributed by atoms with Gasteiger partial charge in [-0.15, -0.1) is 0 Å². The Morgan fingerprint density at radius 2 is 2.40 bits per heavy atom. The van der Waals surface area contributed by atoms with Crippen LogP contribution in [0.2, 0.25) is 0 Å². The highest BCUT2D eigenvalue weighted by Crippen LogP contribution is 2.27. The molecular weight excluding hydrogens is 120 g/mol. The van der Waals surface area contributed by atoms with E-state index in [-0.39, 0.29) is 0 Å². The van der Waals surface area contributed by atoms with Crippen LogP contribution in [-0.4, -0.2) is 0 Å². The highest BCUT2D eigenvalue weighted by molar-refractivity contribution is 5.04. The number of hydrogen-bond donors (Lipinski definition) is 0. The van der Waals surface area contributed by atoms with Crippen molar-refractivity contribution in [1.29, 1.82) is 0 Å². The Kier molecular flexibility index (Phi) is 2.98. The van der Waals surface area contributed by atoms with E-state index in [0.717, 1.165) is 5.92 Å². The second kappa shape index (κ2) is 3.80. The Bertz CT molecular complexity index is 122. The van der Waals surface area contributed by atoms with E-state index in [1.54, 1.807) is 5.57 Å². The summed E-state index contributed by atoms with van der Waals surface area (Å²) in [5.74, 6) is 0.951. The second-order valence-corrected chi connectivity index (χ2v) is 3.47. The van der Waals surface area contributed by atoms with Gasteiger partial charge >= 0.3 is 0 Å². The minimum absolute atomic E-state index is 0.951. The molecular formula is C10H18. The summed E-state index contributed by atoms with van der Waals surface area (Å²) in [7, 11) is 0. The number of allylic oxidation sites excluding steroid dienone is 2. The minimum Gasteiger partial charge on any atom is -0.0856 e. The fraction of sp³-hybridized carbons (Fsp3) is 0.800. The molecule has 1 aliphatic carbocycles. The van der Waals surface area contributed by atoms with E-state index in [1.165, 1.54) is 32.1 Å². The molecule has 0 aliphatic heterocycles. The van der Waals surface area contributed by atoms with Crippen molar-refractivity contribution in [3.8, 4) is 0 Å². The Balaban J connectivity index is 2.39. The lowest BCUT2D eigenvalue weighted by molar-refractivity contribution is 0.452. The molecule has 0 spiro atoms. The molecule has 0 radical (unpaired) electrons. The van der Waals surface area contributed by atoms with Gasteiger partial charge in [0.1, 0.15) is 0 Å². The van der Waals surface area contributed by atoms with Crippen LogP contribution in [0.15, 0.2) is 11.6 Å². The van der Waals surface area contributed by atoms with Gasteiger partial charge in [-0.05, 0) is 31.6 Å². The summed E-state index contributed by atoms with van der Waals surface area (Å²) < 4.78 is 0. The van der Waals surface area contributed by atoms with E-state index >= 15 is 0 Å². The van der Waals surface area contributed by atoms with Gasteiger partial charge in [0.15, 0.2) is 0 Å². The summed E-state index contributed by atoms with van der Waals surface area (Å²) in [6, 6.07) is 0. The normalized spacial score (nSPS) is 31.0. The highest BCUT2D eigenvalue weighted by atomic mass is 14.2. The van der Waals surface area contributed by atoms with Crippen LogP contribution in [0, 0.1) is 5.92 Å². The van der Waals surface area contributed by atoms with Crippen LogP contribution in [0.5, 0.6) is 0 Å². The number of rotatable bonds is 1. The van der Waals surface area contributed by atoms with E-state index in [0.29, 0.717) is 0 Å². The van der Waals surface area contributed by atoms with Crippen LogP contribution < -0.4 is 0 Å². The van der Waals surface area contributed by atoms with Gasteiger partial charge in [0, 0.05) is 0 Å². The van der Waals surface area contributed by atoms with Crippen molar-refractivity contribution in [2.45, 2.75) is 46.0 Å². The zero-order chi connectivity index (χ0) is 7.40. The van der Waals surface area contributed by atoms with Gasteiger partial charge in [0.05, 0.1) is 0 Å². The Labute approximate surface area is 64.3 Å². The largest absolute Gasteiger partial charge is 0.0856 e. The van der Waals surface area contributed by atoms with Gasteiger partial charge < -0.3 is 0 Å². The molecule has 0 bridgehead atoms. The van der Waals surface area contributed by atoms with Crippen LogP contribution in [0.1, 0.15) is 46.0 Å². The monoisotopic (exact) mass is 138 g/mol. The fourth-order valence-electron chi connectivity index (χ4n) is 1.80. The molecule has 0 aromatic carbocycles. The Morgan fingerprint density at radius 1 is 1.60 bits per heavy atom. The second-order valence-electron chi connectivity index (χ2n) is 3.47. The molecule has 0 saturated heterocycles. The van der Waals surface area contributed by atoms with E-state index in [9.17, 15) is 0 Å². The zero-order valence-electron chi connectivity index (χ0n) is 7.19. The van der Waals surface area contributed by atoms with Crippen molar-refractivity contribution in [2.75, 3.05) is 0 Å². The standard InChI is InChI=1S/C10H18/c1-3-5-10-7-4-6-9(2)8-10/h5,9H,3-4,6-8H2,1-2H3. The highest BCUT2D eigenvalue weighted by Gasteiger charge is 2.11. The summed E-state index contributed by atoms with van der Waals surface area (Å²) in [6.45, 7) is 4.59. The van der Waals surface area contributed by atoms with Crippen molar-refractivity contribution >= 4 is 0 Å². The smallest absolute Gasteiger partial charge is 0.0294 e. The predicted molar refractivity (Wildman–Crippen MR) is 46.0 cm³/mol. The first kappa shape index (κ1) is 7.84. The van der Waals surface area contributed by atoms with Crippen LogP contribution in [0.4, 0.5) is 0 Å². The van der Waals surface area contributed by atoms with E-state index < -0.39 is 0 Å². The average Bonchev–Trinajstić information content (AvgIpc) is 1.88. The fourth-order valence-corrected chi connectivity index (χ4v) is 1.80. The van der Waals surface area contributed by atoms with Gasteiger partial charge in [-0.25, -0.2) is 0 Å². The molecule has 1 rings (SSSR count). The van der Waals surface area contributed by atoms with Crippen molar-refractivity contribution in [3.05, 3.63) is 11.6 Å². The minimum atomic E-state index is 0.951. The maximum absolute atomic E-state index is 2.41. The van der Waals surface area contributed by atoms with Crippen LogP contribution >= 0.6 is 0 Å². The third-order valence-corrected chi connectivity index (χ3v) is 2.30. The Morgan fingerprint density at radius 3 is 3.00 bits per heavy atom. The molecule has 10 heavy (non-hydrogen) atoms. The molecule has 0 amide bonds. The molecule has 0 aromatic rings. The van der Waals surface area contributed by atoms with Crippen LogP contribution in [0.3, 0.4) is 0 Å². The van der Waals surface area contributed by atoms with E-state index in [4.69, 9.17) is 0 Å². The summed E-state index contributed by atoms with van der Waals surface area (Å²) in [4.78, 5) is 0. The van der Waals surface area contributed by atoms with E-state index in [1.807, 2.05) is 0 Å². The lowest BCUT2D eigenvalue weighted by Crippen LogP contribution is -2.03. The third kappa shape index (κ3) is 2.17. The summed E-state index contributed by atoms with van der Waals surface area (Å²) in [5, 5.41) is 0. The van der Waals surface area contributed by atoms with Gasteiger partial charge in [0.25, 0.3) is 0 Å². The maximum atomic E-state index is 2.41. The molecule has 0 heteroatoms. The van der Waals surface area contributed by atoms with E-state index in [2.05, 4.69) is 19.9 Å². The molecule has 58 valence electrons. The van der Waals surface area contributed by atoms with Gasteiger partial charge in [-0.3, -0.25) is 0 Å². The van der Waals surface area contributed by atoms with Gasteiger partial charge in [-0.2, -0.15) is 0 Å². The lowest BCUT2D eigenvalue weighted by Gasteiger charge is -2.20. The SMILES string of the molecule is CCC=C1CCCC(C)C1. The molecule has 0 heterocycles. The topological polar surface area (TPSA) is 0 Å². The zero-order valence-corrected chi connectivity index (χ0v) is 7.19. The third-order valence-electron chi connectivity index (χ3n) is 2.30. The quantitative estimate of drug-likeness (QED) is 0.486. The first-order valence-electron chi connectivity index (χ1n) is 4.50. The summed E-state index contributed by atoms with van der Waals surface area (Å²) >= 11 is 0. The van der Waals surface area contributed by atoms with Crippen LogP contribution in [-0.2, 0) is 0 Å². The first-order chi connectivity index (χ1) is 4.83. The van der Waals surface area contributed by atoms with Gasteiger partial charge in [-0.1, -0.05) is 31.9 Å². The first-order valence-corrected chi connectivity index (χ1v) is 4.50. The van der Waals surface area contributed by atoms with Crippen LogP contribution in [0.25, 0.3) is 0 Å². The Hall–Kier alpha value is -0.260. The molecule has 1 atom stereocenters. The summed E-state index contributed by atoms with van der Waals surface area (Å²) in [6.07, 6.45) is 9.25. The lowest BCUT2D eigenvalue weighted by atomic mass is 9.86. The van der Waals surface area contributed by atoms with Gasteiger partial charge in [0.2, 0.25) is 0 Å². The summed E-state index contributed by atoms with van der Waals surface area (Å²) in [5.41, 5.74) is 1.71. The molecule has 1 fully saturated rings. The molecule has 0 nitrogen and oxygen atoms in total. The predicted octanol–water partition coefficient (Wildman–Crippen LogP) is 3.53. The average molecular weight is 138 g/mol. The maximum Gasteiger partial charge on any atom is -0.0294 e. The van der Waals surface area contributed by atoms with Crippen molar-refractivity contribution < 1.29 is 0 Å². The van der Waals surface area contributed by atoms with Crippen molar-refractivity contribution in [3.63, 3.8) is 0 Å². The number of hydrogen-bond acceptors (Lipinski definition) is 0. The molecule has 1 aliphatic rings. The molecule has 1 unspecified atom stereocenters. The molecule has 1 saturated carbocycles. The molecule has 0 aromatic heterocycles. The van der Waals surface area contributed by atoms with Crippen molar-refractivity contribution in [1.82, 2.24) is 0 Å².